The third kappa shape index (κ3) is 1.35. The molecule has 0 saturated carbocycles. The van der Waals surface area contributed by atoms with Gasteiger partial charge in [-0.1, -0.05) is 65.8 Å². The van der Waals surface area contributed by atoms with Crippen LogP contribution in [0.3, 0.4) is 0 Å². The molecule has 0 radical (unpaired) electrons. The predicted octanol–water partition coefficient (Wildman–Crippen LogP) is 4.53. The first-order valence-electron chi connectivity index (χ1n) is 6.39. The fraction of sp³-hybridized carbons (Fsp3) is 0.625. The highest BCUT2D eigenvalue weighted by atomic mass is 14.5. The van der Waals surface area contributed by atoms with Gasteiger partial charge in [0.15, 0.2) is 0 Å². The van der Waals surface area contributed by atoms with E-state index in [9.17, 15) is 0 Å². The molecule has 2 rings (SSSR count). The van der Waals surface area contributed by atoms with Crippen LogP contribution in [0.1, 0.15) is 52.7 Å². The van der Waals surface area contributed by atoms with Gasteiger partial charge in [0, 0.05) is 0 Å². The number of rotatable bonds is 0. The van der Waals surface area contributed by atoms with Gasteiger partial charge >= 0.3 is 0 Å². The topological polar surface area (TPSA) is 0 Å². The first-order chi connectivity index (χ1) is 7.29. The van der Waals surface area contributed by atoms with E-state index in [0.717, 1.165) is 11.8 Å². The third-order valence-electron chi connectivity index (χ3n) is 5.34. The average Bonchev–Trinajstić information content (AvgIpc) is 2.25. The molecule has 0 aliphatic heterocycles. The summed E-state index contributed by atoms with van der Waals surface area (Å²) in [5.74, 6) is 1.44. The molecule has 0 N–H and O–H groups in total. The van der Waals surface area contributed by atoms with Crippen LogP contribution in [0.4, 0.5) is 0 Å². The Morgan fingerprint density at radius 2 is 1.06 bits per heavy atom. The van der Waals surface area contributed by atoms with Crippen LogP contribution in [0.25, 0.3) is 0 Å². The van der Waals surface area contributed by atoms with Crippen molar-refractivity contribution in [1.82, 2.24) is 0 Å². The van der Waals surface area contributed by atoms with E-state index in [1.807, 2.05) is 0 Å². The highest BCUT2D eigenvalue weighted by Gasteiger charge is 2.46. The van der Waals surface area contributed by atoms with Crippen molar-refractivity contribution in [2.45, 2.75) is 52.4 Å². The van der Waals surface area contributed by atoms with Gasteiger partial charge in [-0.3, -0.25) is 0 Å². The van der Waals surface area contributed by atoms with E-state index in [0.29, 0.717) is 10.8 Å². The fourth-order valence-corrected chi connectivity index (χ4v) is 3.35. The summed E-state index contributed by atoms with van der Waals surface area (Å²) < 4.78 is 0. The highest BCUT2D eigenvalue weighted by Crippen LogP contribution is 2.51. The van der Waals surface area contributed by atoms with Crippen LogP contribution >= 0.6 is 0 Å². The largest absolute Gasteiger partial charge is 0.0620 e. The maximum Gasteiger partial charge on any atom is -0.00722 e. The zero-order valence-electron chi connectivity index (χ0n) is 11.5. The second kappa shape index (κ2) is 3.35. The minimum absolute atomic E-state index is 0.297. The van der Waals surface area contributed by atoms with Crippen molar-refractivity contribution >= 4 is 0 Å². The van der Waals surface area contributed by atoms with E-state index >= 15 is 0 Å². The molecule has 1 aliphatic rings. The average molecular weight is 216 g/mol. The van der Waals surface area contributed by atoms with Crippen molar-refractivity contribution in [2.75, 3.05) is 0 Å². The number of hydrogen-bond acceptors (Lipinski definition) is 0. The van der Waals surface area contributed by atoms with Gasteiger partial charge in [-0.05, 0) is 33.8 Å². The second-order valence-corrected chi connectivity index (χ2v) is 6.57. The van der Waals surface area contributed by atoms with E-state index < -0.39 is 0 Å². The van der Waals surface area contributed by atoms with E-state index in [2.05, 4.69) is 65.8 Å². The van der Waals surface area contributed by atoms with Crippen molar-refractivity contribution < 1.29 is 0 Å². The molecular formula is C16H24. The minimum Gasteiger partial charge on any atom is -0.0620 e. The van der Waals surface area contributed by atoms with E-state index in [-0.39, 0.29) is 0 Å². The van der Waals surface area contributed by atoms with Crippen LogP contribution in [0.2, 0.25) is 0 Å². The zero-order valence-corrected chi connectivity index (χ0v) is 11.5. The first-order valence-corrected chi connectivity index (χ1v) is 6.39. The molecule has 0 unspecified atom stereocenters. The van der Waals surface area contributed by atoms with Gasteiger partial charge in [0.2, 0.25) is 0 Å². The standard InChI is InChI=1S/C16H24/c1-11-12(2)16(5,6)14-10-8-7-9-13(14)15(11,3)4/h7-12H,1-6H3/t11-,12-/m1/s1. The molecule has 0 heteroatoms. The molecule has 1 aliphatic carbocycles. The summed E-state index contributed by atoms with van der Waals surface area (Å²) in [7, 11) is 0. The Kier molecular flexibility index (Phi) is 2.45. The quantitative estimate of drug-likeness (QED) is 0.598. The van der Waals surface area contributed by atoms with Crippen LogP contribution in [-0.4, -0.2) is 0 Å². The number of hydrogen-bond donors (Lipinski definition) is 0. The second-order valence-electron chi connectivity index (χ2n) is 6.57. The Labute approximate surface area is 100 Å². The summed E-state index contributed by atoms with van der Waals surface area (Å²) in [4.78, 5) is 0. The lowest BCUT2D eigenvalue weighted by molar-refractivity contribution is 0.145. The Balaban J connectivity index is 2.70. The van der Waals surface area contributed by atoms with Gasteiger partial charge in [0.1, 0.15) is 0 Å². The first kappa shape index (κ1) is 11.7. The molecule has 2 atom stereocenters. The van der Waals surface area contributed by atoms with E-state index in [1.54, 1.807) is 11.1 Å². The van der Waals surface area contributed by atoms with Crippen LogP contribution < -0.4 is 0 Å². The Bertz CT molecular complexity index is 359. The molecule has 1 aromatic carbocycles. The SMILES string of the molecule is C[C@@H]1[C@@H](C)C(C)(C)c2ccccc2C1(C)C. The molecule has 0 amide bonds. The minimum atomic E-state index is 0.297. The summed E-state index contributed by atoms with van der Waals surface area (Å²) in [5.41, 5.74) is 3.69. The zero-order chi connectivity index (χ0) is 12.1. The fourth-order valence-electron chi connectivity index (χ4n) is 3.35. The van der Waals surface area contributed by atoms with Crippen molar-refractivity contribution in [3.05, 3.63) is 35.4 Å². The van der Waals surface area contributed by atoms with Gasteiger partial charge < -0.3 is 0 Å². The van der Waals surface area contributed by atoms with Gasteiger partial charge in [0.05, 0.1) is 0 Å². The monoisotopic (exact) mass is 216 g/mol. The molecule has 0 saturated heterocycles. The smallest absolute Gasteiger partial charge is 0.00722 e. The molecule has 0 fully saturated rings. The van der Waals surface area contributed by atoms with Crippen molar-refractivity contribution in [1.29, 1.82) is 0 Å². The highest BCUT2D eigenvalue weighted by molar-refractivity contribution is 5.42. The van der Waals surface area contributed by atoms with Gasteiger partial charge in [-0.25, -0.2) is 0 Å². The van der Waals surface area contributed by atoms with Crippen molar-refractivity contribution in [3.63, 3.8) is 0 Å². The van der Waals surface area contributed by atoms with Crippen molar-refractivity contribution in [2.24, 2.45) is 11.8 Å². The normalized spacial score (nSPS) is 30.9. The Morgan fingerprint density at radius 3 is 1.38 bits per heavy atom. The third-order valence-corrected chi connectivity index (χ3v) is 5.34. The molecule has 0 heterocycles. The van der Waals surface area contributed by atoms with Crippen molar-refractivity contribution in [3.8, 4) is 0 Å². The summed E-state index contributed by atoms with van der Waals surface area (Å²) in [6, 6.07) is 9.00. The lowest BCUT2D eigenvalue weighted by atomic mass is 9.53. The van der Waals surface area contributed by atoms with Gasteiger partial charge in [-0.2, -0.15) is 0 Å². The van der Waals surface area contributed by atoms with Crippen LogP contribution in [-0.2, 0) is 10.8 Å². The predicted molar refractivity (Wildman–Crippen MR) is 70.8 cm³/mol. The molecule has 0 aromatic heterocycles. The maximum absolute atomic E-state index is 2.41. The number of fused-ring (bicyclic) bond motifs is 1. The lowest BCUT2D eigenvalue weighted by Crippen LogP contribution is -2.46. The van der Waals surface area contributed by atoms with Gasteiger partial charge in [-0.15, -0.1) is 0 Å². The summed E-state index contributed by atoms with van der Waals surface area (Å²) in [5, 5.41) is 0. The van der Waals surface area contributed by atoms with Crippen LogP contribution in [0.5, 0.6) is 0 Å². The molecule has 88 valence electrons. The summed E-state index contributed by atoms with van der Waals surface area (Å²) in [6.07, 6.45) is 0. The molecule has 0 bridgehead atoms. The molecule has 0 nitrogen and oxygen atoms in total. The molecule has 1 aromatic rings. The Morgan fingerprint density at radius 1 is 0.750 bits per heavy atom. The molecule has 16 heavy (non-hydrogen) atoms. The van der Waals surface area contributed by atoms with Crippen LogP contribution in [0.15, 0.2) is 24.3 Å². The Hall–Kier alpha value is -0.780. The van der Waals surface area contributed by atoms with E-state index in [4.69, 9.17) is 0 Å². The molecule has 0 spiro atoms. The molecular weight excluding hydrogens is 192 g/mol. The summed E-state index contributed by atoms with van der Waals surface area (Å²) >= 11 is 0. The lowest BCUT2D eigenvalue weighted by Gasteiger charge is -2.51. The number of benzene rings is 1. The summed E-state index contributed by atoms with van der Waals surface area (Å²) in [6.45, 7) is 14.4. The van der Waals surface area contributed by atoms with Gasteiger partial charge in [0.25, 0.3) is 0 Å². The maximum atomic E-state index is 2.41. The van der Waals surface area contributed by atoms with Crippen LogP contribution in [0, 0.1) is 11.8 Å². The van der Waals surface area contributed by atoms with E-state index in [1.165, 1.54) is 0 Å².